The largest absolute Gasteiger partial charge is 0.462 e. The van der Waals surface area contributed by atoms with Crippen molar-refractivity contribution in [2.24, 2.45) is 7.05 Å². The predicted molar refractivity (Wildman–Crippen MR) is 69.9 cm³/mol. The third kappa shape index (κ3) is 5.00. The molecule has 0 aliphatic carbocycles. The molecule has 0 aliphatic heterocycles. The average Bonchev–Trinajstić information content (AvgIpc) is 2.76. The van der Waals surface area contributed by atoms with Gasteiger partial charge < -0.3 is 14.2 Å². The first-order chi connectivity index (χ1) is 9.20. The van der Waals surface area contributed by atoms with E-state index in [0.717, 1.165) is 13.0 Å². The van der Waals surface area contributed by atoms with Crippen LogP contribution in [0.5, 0.6) is 0 Å². The lowest BCUT2D eigenvalue weighted by atomic mass is 10.2. The monoisotopic (exact) mass is 270 g/mol. The molecule has 0 saturated carbocycles. The van der Waals surface area contributed by atoms with Crippen LogP contribution in [0, 0.1) is 0 Å². The molecular weight excluding hydrogens is 248 g/mol. The molecule has 6 nitrogen and oxygen atoms in total. The topological polar surface area (TPSA) is 62.6 Å². The predicted octanol–water partition coefficient (Wildman–Crippen LogP) is 1.54. The number of carbonyl (C=O) groups excluding carboxylic acids is 1. The highest BCUT2D eigenvalue weighted by Gasteiger charge is 2.16. The highest BCUT2D eigenvalue weighted by Crippen LogP contribution is 2.10. The van der Waals surface area contributed by atoms with Crippen LogP contribution in [0.2, 0.25) is 0 Å². The lowest BCUT2D eigenvalue weighted by Crippen LogP contribution is -2.12. The Labute approximate surface area is 113 Å². The average molecular weight is 270 g/mol. The van der Waals surface area contributed by atoms with Gasteiger partial charge in [-0.2, -0.15) is 5.10 Å². The first-order valence-corrected chi connectivity index (χ1v) is 6.54. The standard InChI is InChI=1S/C13H22N2O4/c1-4-6-17-7-8-18-10-12-11(9-14-15(12)3)13(16)19-5-2/h9H,4-8,10H2,1-3H3. The SMILES string of the molecule is CCCOCCOCc1c(C(=O)OCC)cnn1C. The Bertz CT molecular complexity index is 390. The van der Waals surface area contributed by atoms with Crippen molar-refractivity contribution in [2.45, 2.75) is 26.9 Å². The zero-order valence-corrected chi connectivity index (χ0v) is 11.8. The van der Waals surface area contributed by atoms with Gasteiger partial charge in [-0.05, 0) is 13.3 Å². The molecular formula is C13H22N2O4. The summed E-state index contributed by atoms with van der Waals surface area (Å²) >= 11 is 0. The summed E-state index contributed by atoms with van der Waals surface area (Å²) in [7, 11) is 1.77. The highest BCUT2D eigenvalue weighted by atomic mass is 16.5. The van der Waals surface area contributed by atoms with Crippen LogP contribution in [0.4, 0.5) is 0 Å². The zero-order chi connectivity index (χ0) is 14.1. The molecule has 0 bridgehead atoms. The molecule has 1 aromatic heterocycles. The molecule has 0 amide bonds. The Morgan fingerprint density at radius 1 is 1.26 bits per heavy atom. The Morgan fingerprint density at radius 3 is 2.68 bits per heavy atom. The van der Waals surface area contributed by atoms with Gasteiger partial charge in [0.25, 0.3) is 0 Å². The molecule has 0 saturated heterocycles. The Kier molecular flexibility index (Phi) is 7.14. The van der Waals surface area contributed by atoms with Crippen LogP contribution in [0.3, 0.4) is 0 Å². The molecule has 0 aliphatic rings. The van der Waals surface area contributed by atoms with Gasteiger partial charge in [0, 0.05) is 13.7 Å². The van der Waals surface area contributed by atoms with Gasteiger partial charge in [0.05, 0.1) is 38.3 Å². The van der Waals surface area contributed by atoms with E-state index >= 15 is 0 Å². The number of esters is 1. The van der Waals surface area contributed by atoms with Crippen molar-refractivity contribution in [3.05, 3.63) is 17.5 Å². The van der Waals surface area contributed by atoms with Crippen molar-refractivity contribution in [2.75, 3.05) is 26.4 Å². The molecule has 108 valence electrons. The number of aromatic nitrogens is 2. The van der Waals surface area contributed by atoms with Crippen LogP contribution in [0.15, 0.2) is 6.20 Å². The maximum absolute atomic E-state index is 11.7. The van der Waals surface area contributed by atoms with Crippen LogP contribution in [-0.4, -0.2) is 42.2 Å². The first kappa shape index (κ1) is 15.7. The molecule has 0 unspecified atom stereocenters. The molecule has 0 spiro atoms. The van der Waals surface area contributed by atoms with Crippen LogP contribution in [-0.2, 0) is 27.9 Å². The number of aryl methyl sites for hydroxylation is 1. The molecule has 0 aromatic carbocycles. The van der Waals surface area contributed by atoms with Crippen molar-refractivity contribution in [3.63, 3.8) is 0 Å². The summed E-state index contributed by atoms with van der Waals surface area (Å²) in [6, 6.07) is 0. The molecule has 1 rings (SSSR count). The van der Waals surface area contributed by atoms with E-state index in [9.17, 15) is 4.79 Å². The maximum atomic E-state index is 11.7. The van der Waals surface area contributed by atoms with Crippen LogP contribution < -0.4 is 0 Å². The normalized spacial score (nSPS) is 10.7. The number of rotatable bonds is 9. The third-order valence-corrected chi connectivity index (χ3v) is 2.52. The van der Waals surface area contributed by atoms with E-state index in [2.05, 4.69) is 12.0 Å². The Balaban J connectivity index is 2.44. The Morgan fingerprint density at radius 2 is 2.00 bits per heavy atom. The minimum Gasteiger partial charge on any atom is -0.462 e. The van der Waals surface area contributed by atoms with Crippen molar-refractivity contribution >= 4 is 5.97 Å². The molecule has 0 fully saturated rings. The van der Waals surface area contributed by atoms with Crippen LogP contribution in [0.25, 0.3) is 0 Å². The van der Waals surface area contributed by atoms with Gasteiger partial charge in [-0.1, -0.05) is 6.92 Å². The van der Waals surface area contributed by atoms with Gasteiger partial charge in [0.15, 0.2) is 0 Å². The second-order valence-electron chi connectivity index (χ2n) is 4.01. The quantitative estimate of drug-likeness (QED) is 0.503. The summed E-state index contributed by atoms with van der Waals surface area (Å²) in [6.07, 6.45) is 2.50. The number of hydrogen-bond acceptors (Lipinski definition) is 5. The summed E-state index contributed by atoms with van der Waals surface area (Å²) in [4.78, 5) is 11.7. The second-order valence-corrected chi connectivity index (χ2v) is 4.01. The lowest BCUT2D eigenvalue weighted by Gasteiger charge is -2.07. The third-order valence-electron chi connectivity index (χ3n) is 2.52. The molecule has 0 atom stereocenters. The zero-order valence-electron chi connectivity index (χ0n) is 11.8. The van der Waals surface area contributed by atoms with E-state index in [1.54, 1.807) is 18.7 Å². The number of ether oxygens (including phenoxy) is 3. The smallest absolute Gasteiger partial charge is 0.341 e. The van der Waals surface area contributed by atoms with Crippen molar-refractivity contribution in [3.8, 4) is 0 Å². The minimum atomic E-state index is -0.364. The summed E-state index contributed by atoms with van der Waals surface area (Å²) in [5.74, 6) is -0.364. The fourth-order valence-corrected chi connectivity index (χ4v) is 1.55. The molecule has 0 radical (unpaired) electrons. The van der Waals surface area contributed by atoms with Gasteiger partial charge in [0.1, 0.15) is 5.56 Å². The fourth-order valence-electron chi connectivity index (χ4n) is 1.55. The van der Waals surface area contributed by atoms with Crippen molar-refractivity contribution in [1.29, 1.82) is 0 Å². The summed E-state index contributed by atoms with van der Waals surface area (Å²) in [6.45, 7) is 6.29. The number of nitrogens with zero attached hydrogens (tertiary/aromatic N) is 2. The van der Waals surface area contributed by atoms with Crippen LogP contribution >= 0.6 is 0 Å². The van der Waals surface area contributed by atoms with Crippen molar-refractivity contribution in [1.82, 2.24) is 9.78 Å². The molecule has 0 N–H and O–H groups in total. The molecule has 6 heteroatoms. The number of hydrogen-bond donors (Lipinski definition) is 0. The maximum Gasteiger partial charge on any atom is 0.341 e. The second kappa shape index (κ2) is 8.66. The van der Waals surface area contributed by atoms with Gasteiger partial charge in [0.2, 0.25) is 0 Å². The van der Waals surface area contributed by atoms with Crippen LogP contribution in [0.1, 0.15) is 36.3 Å². The first-order valence-electron chi connectivity index (χ1n) is 6.54. The van der Waals surface area contributed by atoms with E-state index < -0.39 is 0 Å². The molecule has 1 heterocycles. The summed E-state index contributed by atoms with van der Waals surface area (Å²) in [5.41, 5.74) is 1.17. The van der Waals surface area contributed by atoms with E-state index in [-0.39, 0.29) is 5.97 Å². The minimum absolute atomic E-state index is 0.320. The van der Waals surface area contributed by atoms with Gasteiger partial charge in [-0.25, -0.2) is 4.79 Å². The Hall–Kier alpha value is -1.40. The van der Waals surface area contributed by atoms with Crippen molar-refractivity contribution < 1.29 is 19.0 Å². The van der Waals surface area contributed by atoms with E-state index in [4.69, 9.17) is 14.2 Å². The van der Waals surface area contributed by atoms with E-state index in [0.29, 0.717) is 37.7 Å². The van der Waals surface area contributed by atoms with E-state index in [1.807, 2.05) is 0 Å². The molecule has 19 heavy (non-hydrogen) atoms. The van der Waals surface area contributed by atoms with Gasteiger partial charge in [-0.3, -0.25) is 4.68 Å². The van der Waals surface area contributed by atoms with Gasteiger partial charge in [-0.15, -0.1) is 0 Å². The van der Waals surface area contributed by atoms with E-state index in [1.165, 1.54) is 6.20 Å². The summed E-state index contributed by atoms with van der Waals surface area (Å²) < 4.78 is 17.4. The lowest BCUT2D eigenvalue weighted by molar-refractivity contribution is 0.0371. The number of carbonyl (C=O) groups is 1. The fraction of sp³-hybridized carbons (Fsp3) is 0.692. The highest BCUT2D eigenvalue weighted by molar-refractivity contribution is 5.90. The van der Waals surface area contributed by atoms with Gasteiger partial charge >= 0.3 is 5.97 Å². The summed E-state index contributed by atoms with van der Waals surface area (Å²) in [5, 5.41) is 4.05. The molecule has 1 aromatic rings.